The number of hydrogen-bond acceptors (Lipinski definition) is 3. The minimum atomic E-state index is -1.03. The summed E-state index contributed by atoms with van der Waals surface area (Å²) in [5.74, 6) is -0.584. The van der Waals surface area contributed by atoms with Crippen LogP contribution in [0.3, 0.4) is 0 Å². The van der Waals surface area contributed by atoms with Crippen LogP contribution < -0.4 is 4.74 Å². The number of amides is 1. The Morgan fingerprint density at radius 3 is 2.40 bits per heavy atom. The topological polar surface area (TPSA) is 66.8 Å². The Labute approximate surface area is 126 Å². The van der Waals surface area contributed by atoms with Crippen molar-refractivity contribution in [1.82, 2.24) is 4.90 Å². The van der Waals surface area contributed by atoms with Gasteiger partial charge in [-0.05, 0) is 30.2 Å². The van der Waals surface area contributed by atoms with Crippen LogP contribution in [0, 0.1) is 5.92 Å². The van der Waals surface area contributed by atoms with Crippen LogP contribution in [0.1, 0.15) is 13.8 Å². The van der Waals surface area contributed by atoms with E-state index in [0.717, 1.165) is 4.47 Å². The minimum Gasteiger partial charge on any atom is -0.484 e. The van der Waals surface area contributed by atoms with Crippen molar-refractivity contribution < 1.29 is 19.4 Å². The number of nitrogens with zero attached hydrogens (tertiary/aromatic N) is 1. The van der Waals surface area contributed by atoms with Crippen molar-refractivity contribution in [3.05, 3.63) is 28.7 Å². The molecule has 110 valence electrons. The van der Waals surface area contributed by atoms with Crippen LogP contribution in [0.4, 0.5) is 0 Å². The predicted octanol–water partition coefficient (Wildman–Crippen LogP) is 2.40. The van der Waals surface area contributed by atoms with Crippen molar-refractivity contribution in [2.24, 2.45) is 5.92 Å². The molecule has 0 radical (unpaired) electrons. The maximum Gasteiger partial charge on any atom is 0.323 e. The number of aliphatic carboxylic acids is 1. The molecule has 0 aliphatic carbocycles. The zero-order chi connectivity index (χ0) is 15.1. The molecule has 1 N–H and O–H groups in total. The average molecular weight is 344 g/mol. The van der Waals surface area contributed by atoms with Crippen LogP contribution in [-0.4, -0.2) is 41.6 Å². The van der Waals surface area contributed by atoms with E-state index in [4.69, 9.17) is 9.84 Å². The van der Waals surface area contributed by atoms with Gasteiger partial charge in [0.05, 0.1) is 0 Å². The summed E-state index contributed by atoms with van der Waals surface area (Å²) in [7, 11) is 0. The van der Waals surface area contributed by atoms with E-state index in [1.807, 2.05) is 26.0 Å². The Kier molecular flexibility index (Phi) is 6.51. The Morgan fingerprint density at radius 2 is 1.90 bits per heavy atom. The first-order chi connectivity index (χ1) is 9.38. The zero-order valence-electron chi connectivity index (χ0n) is 11.5. The van der Waals surface area contributed by atoms with Gasteiger partial charge in [-0.15, -0.1) is 0 Å². The van der Waals surface area contributed by atoms with Gasteiger partial charge in [0, 0.05) is 11.0 Å². The van der Waals surface area contributed by atoms with Gasteiger partial charge in [-0.25, -0.2) is 0 Å². The number of hydrogen-bond donors (Lipinski definition) is 1. The molecule has 6 heteroatoms. The molecule has 0 spiro atoms. The van der Waals surface area contributed by atoms with Crippen molar-refractivity contribution in [3.8, 4) is 5.75 Å². The van der Waals surface area contributed by atoms with Crippen LogP contribution in [0.25, 0.3) is 0 Å². The highest BCUT2D eigenvalue weighted by Gasteiger charge is 2.18. The summed E-state index contributed by atoms with van der Waals surface area (Å²) in [5, 5.41) is 8.82. The maximum atomic E-state index is 12.0. The summed E-state index contributed by atoms with van der Waals surface area (Å²) < 4.78 is 6.28. The van der Waals surface area contributed by atoms with Gasteiger partial charge in [0.25, 0.3) is 5.91 Å². The summed E-state index contributed by atoms with van der Waals surface area (Å²) in [5.41, 5.74) is 0. The van der Waals surface area contributed by atoms with E-state index >= 15 is 0 Å². The second-order valence-electron chi connectivity index (χ2n) is 4.80. The van der Waals surface area contributed by atoms with E-state index in [2.05, 4.69) is 15.9 Å². The van der Waals surface area contributed by atoms with Crippen LogP contribution >= 0.6 is 15.9 Å². The van der Waals surface area contributed by atoms with Gasteiger partial charge >= 0.3 is 5.97 Å². The molecule has 0 heterocycles. The van der Waals surface area contributed by atoms with Gasteiger partial charge in [-0.2, -0.15) is 0 Å². The fraction of sp³-hybridized carbons (Fsp3) is 0.429. The van der Waals surface area contributed by atoms with Crippen LogP contribution in [0.5, 0.6) is 5.75 Å². The first-order valence-corrected chi connectivity index (χ1v) is 7.05. The lowest BCUT2D eigenvalue weighted by Gasteiger charge is -2.22. The van der Waals surface area contributed by atoms with Crippen LogP contribution in [-0.2, 0) is 9.59 Å². The number of carboxylic acid groups (broad SMARTS) is 1. The highest BCUT2D eigenvalue weighted by molar-refractivity contribution is 9.10. The van der Waals surface area contributed by atoms with E-state index in [9.17, 15) is 9.59 Å². The summed E-state index contributed by atoms with van der Waals surface area (Å²) in [6.45, 7) is 3.78. The number of ether oxygens (including phenoxy) is 1. The van der Waals surface area contributed by atoms with E-state index < -0.39 is 5.97 Å². The summed E-state index contributed by atoms with van der Waals surface area (Å²) in [6.07, 6.45) is 0. The first kappa shape index (κ1) is 16.5. The van der Waals surface area contributed by atoms with E-state index in [-0.39, 0.29) is 25.0 Å². The summed E-state index contributed by atoms with van der Waals surface area (Å²) in [6, 6.07) is 7.09. The molecule has 0 aliphatic rings. The van der Waals surface area contributed by atoms with E-state index in [1.54, 1.807) is 12.1 Å². The average Bonchev–Trinajstić information content (AvgIpc) is 2.36. The second-order valence-corrected chi connectivity index (χ2v) is 5.72. The third-order valence-electron chi connectivity index (χ3n) is 2.44. The molecule has 0 saturated heterocycles. The summed E-state index contributed by atoms with van der Waals surface area (Å²) >= 11 is 3.31. The van der Waals surface area contributed by atoms with Crippen molar-refractivity contribution in [1.29, 1.82) is 0 Å². The van der Waals surface area contributed by atoms with Crippen LogP contribution in [0.15, 0.2) is 28.7 Å². The maximum absolute atomic E-state index is 12.0. The molecule has 0 fully saturated rings. The van der Waals surface area contributed by atoms with Crippen molar-refractivity contribution in [3.63, 3.8) is 0 Å². The molecule has 0 aromatic heterocycles. The molecule has 20 heavy (non-hydrogen) atoms. The van der Waals surface area contributed by atoms with Gasteiger partial charge in [0.15, 0.2) is 6.61 Å². The molecule has 1 aromatic carbocycles. The lowest BCUT2D eigenvalue weighted by atomic mass is 10.2. The van der Waals surface area contributed by atoms with Crippen LogP contribution in [0.2, 0.25) is 0 Å². The molecular weight excluding hydrogens is 326 g/mol. The molecule has 5 nitrogen and oxygen atoms in total. The van der Waals surface area contributed by atoms with Gasteiger partial charge in [0.2, 0.25) is 0 Å². The predicted molar refractivity (Wildman–Crippen MR) is 78.7 cm³/mol. The largest absolute Gasteiger partial charge is 0.484 e. The zero-order valence-corrected chi connectivity index (χ0v) is 13.1. The molecule has 0 bridgehead atoms. The highest BCUT2D eigenvalue weighted by atomic mass is 79.9. The standard InChI is InChI=1S/C14H18BrNO4/c1-10(2)7-16(8-14(18)19)13(17)9-20-12-5-3-11(15)4-6-12/h3-6,10H,7-9H2,1-2H3,(H,18,19). The van der Waals surface area contributed by atoms with E-state index in [0.29, 0.717) is 12.3 Å². The smallest absolute Gasteiger partial charge is 0.323 e. The molecule has 1 aromatic rings. The lowest BCUT2D eigenvalue weighted by molar-refractivity contribution is -0.145. The van der Waals surface area contributed by atoms with Gasteiger partial charge in [-0.3, -0.25) is 9.59 Å². The molecule has 0 saturated carbocycles. The SMILES string of the molecule is CC(C)CN(CC(=O)O)C(=O)COc1ccc(Br)cc1. The fourth-order valence-corrected chi connectivity index (χ4v) is 1.89. The van der Waals surface area contributed by atoms with Crippen molar-refractivity contribution >= 4 is 27.8 Å². The molecule has 1 rings (SSSR count). The Bertz CT molecular complexity index is 459. The number of benzene rings is 1. The van der Waals surface area contributed by atoms with Crippen molar-refractivity contribution in [2.45, 2.75) is 13.8 Å². The number of carbonyl (C=O) groups is 2. The summed E-state index contributed by atoms with van der Waals surface area (Å²) in [4.78, 5) is 24.0. The third-order valence-corrected chi connectivity index (χ3v) is 2.97. The Morgan fingerprint density at radius 1 is 1.30 bits per heavy atom. The monoisotopic (exact) mass is 343 g/mol. The molecule has 0 unspecified atom stereocenters. The first-order valence-electron chi connectivity index (χ1n) is 6.26. The normalized spacial score (nSPS) is 10.4. The molecule has 0 atom stereocenters. The van der Waals surface area contributed by atoms with Crippen molar-refractivity contribution in [2.75, 3.05) is 19.7 Å². The van der Waals surface area contributed by atoms with Gasteiger partial charge in [0.1, 0.15) is 12.3 Å². The quantitative estimate of drug-likeness (QED) is 0.825. The van der Waals surface area contributed by atoms with Gasteiger partial charge in [-0.1, -0.05) is 29.8 Å². The highest BCUT2D eigenvalue weighted by Crippen LogP contribution is 2.16. The number of carbonyl (C=O) groups excluding carboxylic acids is 1. The number of carboxylic acids is 1. The third kappa shape index (κ3) is 6.06. The lowest BCUT2D eigenvalue weighted by Crippen LogP contribution is -2.40. The Hall–Kier alpha value is -1.56. The number of rotatable bonds is 7. The molecular formula is C14H18BrNO4. The van der Waals surface area contributed by atoms with Gasteiger partial charge < -0.3 is 14.7 Å². The second kappa shape index (κ2) is 7.89. The Balaban J connectivity index is 2.56. The van der Waals surface area contributed by atoms with E-state index in [1.165, 1.54) is 4.90 Å². The number of halogens is 1. The fourth-order valence-electron chi connectivity index (χ4n) is 1.63. The molecule has 1 amide bonds. The molecule has 0 aliphatic heterocycles. The minimum absolute atomic E-state index is 0.165.